The summed E-state index contributed by atoms with van der Waals surface area (Å²) in [4.78, 5) is 25.3. The summed E-state index contributed by atoms with van der Waals surface area (Å²) in [5.41, 5.74) is 0.213. The Hall–Kier alpha value is -2.18. The number of nitrogens with zero attached hydrogens (tertiary/aromatic N) is 1. The fourth-order valence-corrected chi connectivity index (χ4v) is 3.28. The Bertz CT molecular complexity index is 651. The van der Waals surface area contributed by atoms with Gasteiger partial charge in [0.15, 0.2) is 0 Å². The van der Waals surface area contributed by atoms with E-state index >= 15 is 0 Å². The molecule has 2 rings (SSSR count). The number of benzene rings is 1. The van der Waals surface area contributed by atoms with E-state index in [1.807, 2.05) is 20.8 Å². The van der Waals surface area contributed by atoms with E-state index in [0.29, 0.717) is 13.0 Å². The van der Waals surface area contributed by atoms with Crippen molar-refractivity contribution in [3.05, 3.63) is 35.4 Å². The first-order valence-electron chi connectivity index (χ1n) is 8.42. The van der Waals surface area contributed by atoms with Crippen molar-refractivity contribution in [2.24, 2.45) is 17.8 Å². The molecule has 3 atom stereocenters. The number of hydrogen-bond donors (Lipinski definition) is 2. The van der Waals surface area contributed by atoms with Crippen LogP contribution in [-0.4, -0.2) is 35.1 Å². The molecular formula is C18H24F2N2O3. The maximum absolute atomic E-state index is 14.1. The SMILES string of the molecule is CC1CC(C(=O)O)CN(C(=O)NC(c2ccc(F)cc2F)C(C)C)C1. The number of hydrogen-bond acceptors (Lipinski definition) is 2. The highest BCUT2D eigenvalue weighted by Crippen LogP contribution is 2.27. The molecule has 1 aromatic carbocycles. The van der Waals surface area contributed by atoms with Crippen LogP contribution in [0.4, 0.5) is 13.6 Å². The first kappa shape index (κ1) is 19.1. The normalized spacial score (nSPS) is 21.9. The van der Waals surface area contributed by atoms with Gasteiger partial charge in [0.25, 0.3) is 0 Å². The molecule has 5 nitrogen and oxygen atoms in total. The summed E-state index contributed by atoms with van der Waals surface area (Å²) in [6, 6.07) is 2.21. The van der Waals surface area contributed by atoms with Gasteiger partial charge in [0.1, 0.15) is 11.6 Å². The summed E-state index contributed by atoms with van der Waals surface area (Å²) < 4.78 is 27.2. The van der Waals surface area contributed by atoms with E-state index in [1.54, 1.807) is 0 Å². The molecule has 1 aliphatic heterocycles. The van der Waals surface area contributed by atoms with Gasteiger partial charge in [0, 0.05) is 24.7 Å². The number of nitrogens with one attached hydrogen (secondary N) is 1. The van der Waals surface area contributed by atoms with E-state index in [0.717, 1.165) is 12.1 Å². The van der Waals surface area contributed by atoms with Gasteiger partial charge in [-0.15, -0.1) is 0 Å². The predicted molar refractivity (Wildman–Crippen MR) is 88.9 cm³/mol. The first-order chi connectivity index (χ1) is 11.7. The van der Waals surface area contributed by atoms with Crippen molar-refractivity contribution in [3.63, 3.8) is 0 Å². The molecule has 3 unspecified atom stereocenters. The van der Waals surface area contributed by atoms with Gasteiger partial charge in [0.05, 0.1) is 12.0 Å². The molecule has 0 aliphatic carbocycles. The molecule has 0 radical (unpaired) electrons. The number of carbonyl (C=O) groups is 2. The quantitative estimate of drug-likeness (QED) is 0.870. The van der Waals surface area contributed by atoms with Crippen molar-refractivity contribution >= 4 is 12.0 Å². The monoisotopic (exact) mass is 354 g/mol. The highest BCUT2D eigenvalue weighted by Gasteiger charge is 2.33. The van der Waals surface area contributed by atoms with E-state index < -0.39 is 35.6 Å². The highest BCUT2D eigenvalue weighted by molar-refractivity contribution is 5.77. The van der Waals surface area contributed by atoms with Crippen molar-refractivity contribution in [2.45, 2.75) is 33.2 Å². The van der Waals surface area contributed by atoms with Crippen LogP contribution in [0.25, 0.3) is 0 Å². The number of carboxylic acid groups (broad SMARTS) is 1. The van der Waals surface area contributed by atoms with Crippen LogP contribution in [-0.2, 0) is 4.79 Å². The van der Waals surface area contributed by atoms with Crippen molar-refractivity contribution in [1.82, 2.24) is 10.2 Å². The molecule has 0 aromatic heterocycles. The molecule has 2 N–H and O–H groups in total. The molecule has 25 heavy (non-hydrogen) atoms. The molecule has 138 valence electrons. The highest BCUT2D eigenvalue weighted by atomic mass is 19.1. The molecule has 1 fully saturated rings. The maximum Gasteiger partial charge on any atom is 0.317 e. The van der Waals surface area contributed by atoms with E-state index in [2.05, 4.69) is 5.32 Å². The zero-order valence-corrected chi connectivity index (χ0v) is 14.6. The van der Waals surface area contributed by atoms with Crippen LogP contribution in [0.5, 0.6) is 0 Å². The number of amides is 2. The Labute approximate surface area is 146 Å². The largest absolute Gasteiger partial charge is 0.481 e. The van der Waals surface area contributed by atoms with Gasteiger partial charge in [-0.1, -0.05) is 26.8 Å². The fourth-order valence-electron chi connectivity index (χ4n) is 3.28. The molecular weight excluding hydrogens is 330 g/mol. The summed E-state index contributed by atoms with van der Waals surface area (Å²) in [5, 5.41) is 12.0. The van der Waals surface area contributed by atoms with Gasteiger partial charge in [-0.05, 0) is 24.3 Å². The molecule has 1 saturated heterocycles. The summed E-state index contributed by atoms with van der Waals surface area (Å²) in [7, 11) is 0. The summed E-state index contributed by atoms with van der Waals surface area (Å²) >= 11 is 0. The third-order valence-electron chi connectivity index (χ3n) is 4.54. The smallest absolute Gasteiger partial charge is 0.317 e. The summed E-state index contributed by atoms with van der Waals surface area (Å²) in [6.07, 6.45) is 0.527. The predicted octanol–water partition coefficient (Wildman–Crippen LogP) is 3.41. The van der Waals surface area contributed by atoms with Gasteiger partial charge in [-0.3, -0.25) is 4.79 Å². The van der Waals surface area contributed by atoms with Crippen LogP contribution in [0.2, 0.25) is 0 Å². The summed E-state index contributed by atoms with van der Waals surface area (Å²) in [5.74, 6) is -2.97. The average Bonchev–Trinajstić information content (AvgIpc) is 2.52. The zero-order valence-electron chi connectivity index (χ0n) is 14.6. The lowest BCUT2D eigenvalue weighted by molar-refractivity contribution is -0.143. The molecule has 2 amide bonds. The van der Waals surface area contributed by atoms with Crippen LogP contribution >= 0.6 is 0 Å². The number of piperidine rings is 1. The third-order valence-corrected chi connectivity index (χ3v) is 4.54. The topological polar surface area (TPSA) is 69.6 Å². The number of likely N-dealkylation sites (tertiary alicyclic amines) is 1. The summed E-state index contributed by atoms with van der Waals surface area (Å²) in [6.45, 7) is 6.13. The minimum Gasteiger partial charge on any atom is -0.481 e. The Kier molecular flexibility index (Phi) is 5.98. The number of aliphatic carboxylic acids is 1. The number of carboxylic acids is 1. The third kappa shape index (κ3) is 4.67. The van der Waals surface area contributed by atoms with Crippen LogP contribution in [0.1, 0.15) is 38.8 Å². The van der Waals surface area contributed by atoms with Crippen molar-refractivity contribution in [1.29, 1.82) is 0 Å². The average molecular weight is 354 g/mol. The molecule has 0 saturated carbocycles. The van der Waals surface area contributed by atoms with Crippen LogP contribution < -0.4 is 5.32 Å². The Balaban J connectivity index is 2.16. The number of carbonyl (C=O) groups excluding carboxylic acids is 1. The van der Waals surface area contributed by atoms with Crippen LogP contribution in [0, 0.1) is 29.4 Å². The lowest BCUT2D eigenvalue weighted by Crippen LogP contribution is -2.50. The van der Waals surface area contributed by atoms with Gasteiger partial charge in [-0.25, -0.2) is 13.6 Å². The van der Waals surface area contributed by atoms with E-state index in [4.69, 9.17) is 0 Å². The lowest BCUT2D eigenvalue weighted by Gasteiger charge is -2.36. The number of halogens is 2. The van der Waals surface area contributed by atoms with E-state index in [1.165, 1.54) is 11.0 Å². The van der Waals surface area contributed by atoms with Crippen LogP contribution in [0.15, 0.2) is 18.2 Å². The molecule has 1 aromatic rings. The zero-order chi connectivity index (χ0) is 18.7. The van der Waals surface area contributed by atoms with E-state index in [9.17, 15) is 23.5 Å². The lowest BCUT2D eigenvalue weighted by atomic mass is 9.90. The Morgan fingerprint density at radius 3 is 2.52 bits per heavy atom. The van der Waals surface area contributed by atoms with Crippen LogP contribution in [0.3, 0.4) is 0 Å². The van der Waals surface area contributed by atoms with Gasteiger partial charge in [0.2, 0.25) is 0 Å². The second-order valence-corrected chi connectivity index (χ2v) is 7.12. The second kappa shape index (κ2) is 7.80. The first-order valence-corrected chi connectivity index (χ1v) is 8.42. The standard InChI is InChI=1S/C18H24F2N2O3/c1-10(2)16(14-5-4-13(19)7-15(14)20)21-18(25)22-8-11(3)6-12(9-22)17(23)24/h4-5,7,10-12,16H,6,8-9H2,1-3H3,(H,21,25)(H,23,24). The molecule has 1 heterocycles. The second-order valence-electron chi connectivity index (χ2n) is 7.12. The fraction of sp³-hybridized carbons (Fsp3) is 0.556. The molecule has 1 aliphatic rings. The van der Waals surface area contributed by atoms with Crippen molar-refractivity contribution in [3.8, 4) is 0 Å². The minimum atomic E-state index is -0.922. The maximum atomic E-state index is 14.1. The van der Waals surface area contributed by atoms with Gasteiger partial charge in [-0.2, -0.15) is 0 Å². The van der Waals surface area contributed by atoms with Crippen molar-refractivity contribution < 1.29 is 23.5 Å². The van der Waals surface area contributed by atoms with E-state index in [-0.39, 0.29) is 23.9 Å². The van der Waals surface area contributed by atoms with Gasteiger partial charge >= 0.3 is 12.0 Å². The minimum absolute atomic E-state index is 0.0701. The molecule has 0 spiro atoms. The molecule has 0 bridgehead atoms. The Morgan fingerprint density at radius 1 is 1.28 bits per heavy atom. The Morgan fingerprint density at radius 2 is 1.96 bits per heavy atom. The van der Waals surface area contributed by atoms with Gasteiger partial charge < -0.3 is 15.3 Å². The number of urea groups is 1. The number of rotatable bonds is 4. The molecule has 7 heteroatoms. The van der Waals surface area contributed by atoms with Crippen molar-refractivity contribution in [2.75, 3.05) is 13.1 Å².